The topological polar surface area (TPSA) is 71.1 Å². The molecule has 2 amide bonds. The number of para-hydroxylation sites is 1. The van der Waals surface area contributed by atoms with Gasteiger partial charge in [-0.15, -0.1) is 0 Å². The van der Waals surface area contributed by atoms with E-state index in [4.69, 9.17) is 32.7 Å². The SMILES string of the molecule is CC(=O)N1C[C@H]2CC(c3ccc(OCCOc4ccccc4)cc3)=C(C(=O)N(Cc3cccc(Cl)c3Cl)C3CC3)[C@@H](C1)N2. The van der Waals surface area contributed by atoms with E-state index in [9.17, 15) is 9.59 Å². The van der Waals surface area contributed by atoms with E-state index in [1.165, 1.54) is 0 Å². The molecule has 43 heavy (non-hydrogen) atoms. The Bertz CT molecular complexity index is 1510. The minimum atomic E-state index is -0.263. The van der Waals surface area contributed by atoms with Crippen molar-refractivity contribution in [1.29, 1.82) is 0 Å². The number of benzene rings is 3. The van der Waals surface area contributed by atoms with Crippen LogP contribution in [-0.2, 0) is 16.1 Å². The maximum Gasteiger partial charge on any atom is 0.252 e. The number of ether oxygens (including phenoxy) is 2. The van der Waals surface area contributed by atoms with Crippen LogP contribution in [0.15, 0.2) is 78.4 Å². The highest BCUT2D eigenvalue weighted by atomic mass is 35.5. The van der Waals surface area contributed by atoms with Crippen LogP contribution in [0.1, 0.15) is 37.3 Å². The van der Waals surface area contributed by atoms with Crippen LogP contribution in [0.2, 0.25) is 10.0 Å². The second-order valence-electron chi connectivity index (χ2n) is 11.3. The fourth-order valence-corrected chi connectivity index (χ4v) is 6.35. The number of amides is 2. The Kier molecular flexibility index (Phi) is 8.93. The molecule has 9 heteroatoms. The van der Waals surface area contributed by atoms with E-state index in [1.807, 2.05) is 76.5 Å². The standard InChI is InChI=1S/C34H35Cl2N3O4/c1-22(40)38-20-25-18-29(23-10-14-28(15-11-23)43-17-16-42-27-7-3-2-4-8-27)32(31(21-38)37-25)34(41)39(26-12-13-26)19-24-6-5-9-30(35)33(24)36/h2-11,14-15,25-26,31,37H,12-13,16-21H2,1H3/t25-,31-/m1/s1. The summed E-state index contributed by atoms with van der Waals surface area (Å²) in [6.07, 6.45) is 2.54. The molecule has 2 heterocycles. The van der Waals surface area contributed by atoms with Gasteiger partial charge in [-0.25, -0.2) is 0 Å². The second kappa shape index (κ2) is 13.0. The van der Waals surface area contributed by atoms with Gasteiger partial charge in [0.05, 0.1) is 16.1 Å². The lowest BCUT2D eigenvalue weighted by Crippen LogP contribution is -2.61. The van der Waals surface area contributed by atoms with Gasteiger partial charge in [0, 0.05) is 44.2 Å². The highest BCUT2D eigenvalue weighted by Crippen LogP contribution is 2.38. The first kappa shape index (κ1) is 29.5. The van der Waals surface area contributed by atoms with E-state index in [1.54, 1.807) is 13.0 Å². The lowest BCUT2D eigenvalue weighted by molar-refractivity contribution is -0.132. The smallest absolute Gasteiger partial charge is 0.252 e. The number of carbonyl (C=O) groups is 2. The van der Waals surface area contributed by atoms with Crippen molar-refractivity contribution >= 4 is 40.6 Å². The molecule has 1 aliphatic carbocycles. The van der Waals surface area contributed by atoms with Gasteiger partial charge in [-0.2, -0.15) is 0 Å². The van der Waals surface area contributed by atoms with E-state index in [2.05, 4.69) is 5.32 Å². The Morgan fingerprint density at radius 1 is 0.907 bits per heavy atom. The highest BCUT2D eigenvalue weighted by molar-refractivity contribution is 6.42. The molecular formula is C34H35Cl2N3O4. The third-order valence-corrected chi connectivity index (χ3v) is 9.13. The third-order valence-electron chi connectivity index (χ3n) is 8.27. The average Bonchev–Trinajstić information content (AvgIpc) is 3.86. The normalized spacial score (nSPS) is 19.7. The molecule has 6 rings (SSSR count). The van der Waals surface area contributed by atoms with Crippen molar-refractivity contribution in [2.75, 3.05) is 26.3 Å². The summed E-state index contributed by atoms with van der Waals surface area (Å²) in [7, 11) is 0. The van der Waals surface area contributed by atoms with Crippen molar-refractivity contribution in [3.8, 4) is 11.5 Å². The van der Waals surface area contributed by atoms with Crippen molar-refractivity contribution in [1.82, 2.24) is 15.1 Å². The van der Waals surface area contributed by atoms with Crippen LogP contribution < -0.4 is 14.8 Å². The molecule has 2 fully saturated rings. The van der Waals surface area contributed by atoms with Crippen LogP contribution >= 0.6 is 23.2 Å². The summed E-state index contributed by atoms with van der Waals surface area (Å²) in [5, 5.41) is 4.59. The summed E-state index contributed by atoms with van der Waals surface area (Å²) >= 11 is 12.9. The molecule has 3 aromatic rings. The average molecular weight is 621 g/mol. The Balaban J connectivity index is 1.26. The van der Waals surface area contributed by atoms with Gasteiger partial charge in [-0.3, -0.25) is 9.59 Å². The predicted molar refractivity (Wildman–Crippen MR) is 168 cm³/mol. The molecule has 0 aromatic heterocycles. The number of halogens is 2. The summed E-state index contributed by atoms with van der Waals surface area (Å²) in [6.45, 7) is 3.89. The third kappa shape index (κ3) is 6.85. The van der Waals surface area contributed by atoms with Crippen LogP contribution in [0.4, 0.5) is 0 Å². The minimum Gasteiger partial charge on any atom is -0.490 e. The van der Waals surface area contributed by atoms with E-state index < -0.39 is 0 Å². The Morgan fingerprint density at radius 3 is 2.28 bits per heavy atom. The van der Waals surface area contributed by atoms with E-state index >= 15 is 0 Å². The van der Waals surface area contributed by atoms with Crippen LogP contribution in [0, 0.1) is 0 Å². The number of piperazine rings is 1. The molecule has 0 radical (unpaired) electrons. The van der Waals surface area contributed by atoms with Gasteiger partial charge in [0.1, 0.15) is 24.7 Å². The minimum absolute atomic E-state index is 0.0201. The summed E-state index contributed by atoms with van der Waals surface area (Å²) in [6, 6.07) is 23.1. The summed E-state index contributed by atoms with van der Waals surface area (Å²) in [5.74, 6) is 1.55. The van der Waals surface area contributed by atoms with Crippen LogP contribution in [-0.4, -0.2) is 66.0 Å². The lowest BCUT2D eigenvalue weighted by atomic mass is 9.82. The molecule has 0 spiro atoms. The molecule has 2 aliphatic heterocycles. The first-order valence-electron chi connectivity index (χ1n) is 14.8. The van der Waals surface area contributed by atoms with Crippen molar-refractivity contribution in [3.63, 3.8) is 0 Å². The van der Waals surface area contributed by atoms with E-state index in [0.29, 0.717) is 49.3 Å². The molecule has 1 N–H and O–H groups in total. The molecule has 7 nitrogen and oxygen atoms in total. The largest absolute Gasteiger partial charge is 0.490 e. The molecule has 224 valence electrons. The van der Waals surface area contributed by atoms with Crippen molar-refractivity contribution in [3.05, 3.63) is 99.5 Å². The molecule has 2 atom stereocenters. The van der Waals surface area contributed by atoms with Crippen molar-refractivity contribution < 1.29 is 19.1 Å². The molecule has 1 saturated heterocycles. The van der Waals surface area contributed by atoms with Gasteiger partial charge in [0.2, 0.25) is 5.91 Å². The number of nitrogens with one attached hydrogen (secondary N) is 1. The fraction of sp³-hybridized carbons (Fsp3) is 0.353. The molecule has 3 aliphatic rings. The Hall–Kier alpha value is -3.52. The van der Waals surface area contributed by atoms with Crippen LogP contribution in [0.3, 0.4) is 0 Å². The van der Waals surface area contributed by atoms with Gasteiger partial charge in [0.15, 0.2) is 0 Å². The fourth-order valence-electron chi connectivity index (χ4n) is 5.97. The van der Waals surface area contributed by atoms with Gasteiger partial charge in [0.25, 0.3) is 5.91 Å². The zero-order valence-electron chi connectivity index (χ0n) is 24.1. The van der Waals surface area contributed by atoms with E-state index in [-0.39, 0.29) is 29.9 Å². The number of hydrogen-bond acceptors (Lipinski definition) is 5. The van der Waals surface area contributed by atoms with Crippen LogP contribution in [0.5, 0.6) is 11.5 Å². The van der Waals surface area contributed by atoms with Gasteiger partial charge < -0.3 is 24.6 Å². The van der Waals surface area contributed by atoms with Gasteiger partial charge >= 0.3 is 0 Å². The number of fused-ring (bicyclic) bond motifs is 2. The summed E-state index contributed by atoms with van der Waals surface area (Å²) in [5.41, 5.74) is 3.55. The second-order valence-corrected chi connectivity index (χ2v) is 12.1. The number of hydrogen-bond donors (Lipinski definition) is 1. The van der Waals surface area contributed by atoms with Gasteiger partial charge in [-0.1, -0.05) is 65.7 Å². The Morgan fingerprint density at radius 2 is 1.60 bits per heavy atom. The maximum absolute atomic E-state index is 14.5. The van der Waals surface area contributed by atoms with Crippen LogP contribution in [0.25, 0.3) is 5.57 Å². The molecular weight excluding hydrogens is 585 g/mol. The zero-order chi connectivity index (χ0) is 29.9. The maximum atomic E-state index is 14.5. The molecule has 3 aromatic carbocycles. The number of nitrogens with zero attached hydrogens (tertiary/aromatic N) is 2. The predicted octanol–water partition coefficient (Wildman–Crippen LogP) is 5.99. The summed E-state index contributed by atoms with van der Waals surface area (Å²) in [4.78, 5) is 30.7. The number of carbonyl (C=O) groups excluding carboxylic acids is 2. The van der Waals surface area contributed by atoms with Crippen molar-refractivity contribution in [2.45, 2.75) is 50.9 Å². The van der Waals surface area contributed by atoms with Crippen molar-refractivity contribution in [2.24, 2.45) is 0 Å². The summed E-state index contributed by atoms with van der Waals surface area (Å²) < 4.78 is 11.7. The first-order chi connectivity index (χ1) is 20.9. The Labute approximate surface area is 262 Å². The van der Waals surface area contributed by atoms with E-state index in [0.717, 1.165) is 46.6 Å². The first-order valence-corrected chi connectivity index (χ1v) is 15.5. The molecule has 0 unspecified atom stereocenters. The van der Waals surface area contributed by atoms with Gasteiger partial charge in [-0.05, 0) is 66.3 Å². The highest BCUT2D eigenvalue weighted by Gasteiger charge is 2.43. The number of rotatable bonds is 10. The zero-order valence-corrected chi connectivity index (χ0v) is 25.6. The molecule has 2 bridgehead atoms. The lowest BCUT2D eigenvalue weighted by Gasteiger charge is -2.44. The molecule has 1 saturated carbocycles. The quantitative estimate of drug-likeness (QED) is 0.282. The monoisotopic (exact) mass is 619 g/mol.